The van der Waals surface area contributed by atoms with Crippen molar-refractivity contribution in [2.75, 3.05) is 13.1 Å². The minimum absolute atomic E-state index is 0.756. The van der Waals surface area contributed by atoms with Crippen molar-refractivity contribution in [1.29, 1.82) is 0 Å². The van der Waals surface area contributed by atoms with Crippen molar-refractivity contribution in [3.05, 3.63) is 34.9 Å². The third-order valence-corrected chi connectivity index (χ3v) is 5.80. The molecule has 2 aliphatic carbocycles. The summed E-state index contributed by atoms with van der Waals surface area (Å²) in [7, 11) is 0. The van der Waals surface area contributed by atoms with E-state index in [1.54, 1.807) is 0 Å². The largest absolute Gasteiger partial charge is 0.311 e. The van der Waals surface area contributed by atoms with E-state index in [1.165, 1.54) is 55.5 Å². The van der Waals surface area contributed by atoms with Gasteiger partial charge in [-0.25, -0.2) is 0 Å². The van der Waals surface area contributed by atoms with Crippen LogP contribution in [0.1, 0.15) is 42.4 Å². The maximum absolute atomic E-state index is 3.85. The molecule has 114 valence electrons. The molecule has 0 radical (unpaired) electrons. The van der Waals surface area contributed by atoms with E-state index in [0.29, 0.717) is 0 Å². The highest BCUT2D eigenvalue weighted by atomic mass is 15.2. The molecule has 1 aliphatic heterocycles. The van der Waals surface area contributed by atoms with E-state index in [0.717, 1.165) is 30.5 Å². The van der Waals surface area contributed by atoms with Crippen LogP contribution in [0.4, 0.5) is 0 Å². The molecule has 1 aromatic carbocycles. The van der Waals surface area contributed by atoms with Gasteiger partial charge in [-0.1, -0.05) is 18.2 Å². The van der Waals surface area contributed by atoms with Crippen molar-refractivity contribution in [2.24, 2.45) is 11.8 Å². The van der Waals surface area contributed by atoms with Crippen molar-refractivity contribution in [3.63, 3.8) is 0 Å². The lowest BCUT2D eigenvalue weighted by molar-refractivity contribution is 0.100. The molecule has 2 nitrogen and oxygen atoms in total. The summed E-state index contributed by atoms with van der Waals surface area (Å²) in [5, 5.41) is 3.85. The summed E-state index contributed by atoms with van der Waals surface area (Å²) in [5.74, 6) is 1.93. The third-order valence-electron chi connectivity index (χ3n) is 5.80. The van der Waals surface area contributed by atoms with Crippen LogP contribution in [0.25, 0.3) is 0 Å². The van der Waals surface area contributed by atoms with Crippen LogP contribution in [0, 0.1) is 25.7 Å². The van der Waals surface area contributed by atoms with Crippen LogP contribution in [-0.4, -0.2) is 30.1 Å². The second-order valence-corrected chi connectivity index (χ2v) is 7.61. The van der Waals surface area contributed by atoms with Gasteiger partial charge >= 0.3 is 0 Å². The SMILES string of the molecule is Cc1ccc(CN2CC(C3CC3)NCC2C2CC2)cc1C. The van der Waals surface area contributed by atoms with Gasteiger partial charge < -0.3 is 5.32 Å². The van der Waals surface area contributed by atoms with Crippen LogP contribution >= 0.6 is 0 Å². The molecule has 2 heteroatoms. The van der Waals surface area contributed by atoms with E-state index in [2.05, 4.69) is 42.3 Å². The van der Waals surface area contributed by atoms with Crippen LogP contribution in [0.3, 0.4) is 0 Å². The number of piperazine rings is 1. The Kier molecular flexibility index (Phi) is 3.55. The fraction of sp³-hybridized carbons (Fsp3) is 0.684. The lowest BCUT2D eigenvalue weighted by Crippen LogP contribution is -2.57. The zero-order valence-corrected chi connectivity index (χ0v) is 13.4. The first-order valence-corrected chi connectivity index (χ1v) is 8.74. The molecule has 4 rings (SSSR count). The highest BCUT2D eigenvalue weighted by Crippen LogP contribution is 2.40. The molecule has 1 N–H and O–H groups in total. The normalized spacial score (nSPS) is 30.6. The molecule has 1 saturated heterocycles. The summed E-state index contributed by atoms with van der Waals surface area (Å²) in [6.45, 7) is 8.07. The second-order valence-electron chi connectivity index (χ2n) is 7.61. The molecule has 0 spiro atoms. The molecule has 2 saturated carbocycles. The van der Waals surface area contributed by atoms with Crippen LogP contribution < -0.4 is 5.32 Å². The van der Waals surface area contributed by atoms with Gasteiger partial charge in [0, 0.05) is 31.7 Å². The molecule has 2 unspecified atom stereocenters. The minimum Gasteiger partial charge on any atom is -0.311 e. The summed E-state index contributed by atoms with van der Waals surface area (Å²) < 4.78 is 0. The van der Waals surface area contributed by atoms with E-state index in [1.807, 2.05) is 0 Å². The van der Waals surface area contributed by atoms with Gasteiger partial charge in [0.15, 0.2) is 0 Å². The maximum atomic E-state index is 3.85. The first-order chi connectivity index (χ1) is 10.2. The number of rotatable bonds is 4. The van der Waals surface area contributed by atoms with Crippen LogP contribution in [0.5, 0.6) is 0 Å². The molecule has 1 heterocycles. The summed E-state index contributed by atoms with van der Waals surface area (Å²) >= 11 is 0. The van der Waals surface area contributed by atoms with Gasteiger partial charge in [-0.15, -0.1) is 0 Å². The van der Waals surface area contributed by atoms with Gasteiger partial charge in [0.05, 0.1) is 0 Å². The van der Waals surface area contributed by atoms with E-state index < -0.39 is 0 Å². The monoisotopic (exact) mass is 284 g/mol. The van der Waals surface area contributed by atoms with E-state index in [4.69, 9.17) is 0 Å². The smallest absolute Gasteiger partial charge is 0.0253 e. The van der Waals surface area contributed by atoms with Crippen LogP contribution in [0.2, 0.25) is 0 Å². The lowest BCUT2D eigenvalue weighted by atomic mass is 10.00. The van der Waals surface area contributed by atoms with Crippen LogP contribution in [0.15, 0.2) is 18.2 Å². The lowest BCUT2D eigenvalue weighted by Gasteiger charge is -2.41. The zero-order valence-electron chi connectivity index (χ0n) is 13.4. The Morgan fingerprint density at radius 2 is 1.81 bits per heavy atom. The molecule has 2 atom stereocenters. The van der Waals surface area contributed by atoms with Gasteiger partial charge in [0.25, 0.3) is 0 Å². The Labute approximate surface area is 128 Å². The number of nitrogens with zero attached hydrogens (tertiary/aromatic N) is 1. The molecular formula is C19H28N2. The maximum Gasteiger partial charge on any atom is 0.0253 e. The van der Waals surface area contributed by atoms with Crippen molar-refractivity contribution >= 4 is 0 Å². The number of benzene rings is 1. The number of hydrogen-bond acceptors (Lipinski definition) is 2. The number of nitrogens with one attached hydrogen (secondary N) is 1. The average molecular weight is 284 g/mol. The first kappa shape index (κ1) is 13.8. The molecular weight excluding hydrogens is 256 g/mol. The molecule has 3 aliphatic rings. The van der Waals surface area contributed by atoms with Crippen molar-refractivity contribution in [3.8, 4) is 0 Å². The topological polar surface area (TPSA) is 15.3 Å². The first-order valence-electron chi connectivity index (χ1n) is 8.74. The quantitative estimate of drug-likeness (QED) is 0.913. The van der Waals surface area contributed by atoms with Gasteiger partial charge in [-0.3, -0.25) is 4.90 Å². The molecule has 0 aromatic heterocycles. The van der Waals surface area contributed by atoms with E-state index in [-0.39, 0.29) is 0 Å². The zero-order chi connectivity index (χ0) is 14.4. The van der Waals surface area contributed by atoms with Crippen molar-refractivity contribution in [1.82, 2.24) is 10.2 Å². The van der Waals surface area contributed by atoms with Gasteiger partial charge in [0.2, 0.25) is 0 Å². The summed E-state index contributed by atoms with van der Waals surface area (Å²) in [4.78, 5) is 2.79. The summed E-state index contributed by atoms with van der Waals surface area (Å²) in [6, 6.07) is 8.55. The van der Waals surface area contributed by atoms with Gasteiger partial charge in [-0.2, -0.15) is 0 Å². The summed E-state index contributed by atoms with van der Waals surface area (Å²) in [5.41, 5.74) is 4.35. The second kappa shape index (κ2) is 5.40. The Bertz CT molecular complexity index is 516. The standard InChI is InChI=1S/C19H28N2/c1-13-3-4-15(9-14(13)2)11-21-12-18(16-5-6-16)20-10-19(21)17-7-8-17/h3-4,9,16-20H,5-8,10-12H2,1-2H3. The fourth-order valence-electron chi connectivity index (χ4n) is 3.93. The van der Waals surface area contributed by atoms with E-state index in [9.17, 15) is 0 Å². The Hall–Kier alpha value is -0.860. The Morgan fingerprint density at radius 3 is 2.48 bits per heavy atom. The van der Waals surface area contributed by atoms with Gasteiger partial charge in [0.1, 0.15) is 0 Å². The Morgan fingerprint density at radius 1 is 1.05 bits per heavy atom. The predicted molar refractivity (Wildman–Crippen MR) is 87.4 cm³/mol. The highest BCUT2D eigenvalue weighted by Gasteiger charge is 2.42. The number of hydrogen-bond donors (Lipinski definition) is 1. The molecule has 0 amide bonds. The number of aryl methyl sites for hydroxylation is 2. The molecule has 1 aromatic rings. The fourth-order valence-corrected chi connectivity index (χ4v) is 3.93. The third kappa shape index (κ3) is 3.02. The average Bonchev–Trinajstić information content (AvgIpc) is 3.36. The van der Waals surface area contributed by atoms with Crippen molar-refractivity contribution < 1.29 is 0 Å². The molecule has 0 bridgehead atoms. The Balaban J connectivity index is 1.49. The highest BCUT2D eigenvalue weighted by molar-refractivity contribution is 5.30. The minimum atomic E-state index is 0.756. The van der Waals surface area contributed by atoms with Crippen LogP contribution in [-0.2, 0) is 6.54 Å². The van der Waals surface area contributed by atoms with Crippen molar-refractivity contribution in [2.45, 2.75) is 58.2 Å². The van der Waals surface area contributed by atoms with Gasteiger partial charge in [-0.05, 0) is 68.1 Å². The van der Waals surface area contributed by atoms with E-state index >= 15 is 0 Å². The molecule has 21 heavy (non-hydrogen) atoms. The molecule has 3 fully saturated rings. The predicted octanol–water partition coefficient (Wildman–Crippen LogP) is 3.27. The summed E-state index contributed by atoms with van der Waals surface area (Å²) in [6.07, 6.45) is 5.79.